The summed E-state index contributed by atoms with van der Waals surface area (Å²) in [5.41, 5.74) is 19.6. The van der Waals surface area contributed by atoms with Crippen molar-refractivity contribution in [2.24, 2.45) is 22.2 Å². The van der Waals surface area contributed by atoms with E-state index in [1.807, 2.05) is 31.2 Å². The van der Waals surface area contributed by atoms with Crippen molar-refractivity contribution in [3.8, 4) is 22.7 Å². The Hall–Kier alpha value is -4.40. The Kier molecular flexibility index (Phi) is 9.22. The number of halogens is 3. The van der Waals surface area contributed by atoms with Gasteiger partial charge in [-0.2, -0.15) is 4.98 Å². The van der Waals surface area contributed by atoms with Crippen molar-refractivity contribution in [3.63, 3.8) is 0 Å². The highest BCUT2D eigenvalue weighted by Gasteiger charge is 2.32. The molecule has 3 atom stereocenters. The molecule has 1 saturated heterocycles. The van der Waals surface area contributed by atoms with Crippen molar-refractivity contribution in [2.45, 2.75) is 50.7 Å². The molecule has 2 aromatic carbocycles. The second-order valence-corrected chi connectivity index (χ2v) is 10.8. The number of rotatable bonds is 10. The summed E-state index contributed by atoms with van der Waals surface area (Å²) >= 11 is 0. The molecule has 4 aromatic rings. The summed E-state index contributed by atoms with van der Waals surface area (Å²) < 4.78 is 51.0. The van der Waals surface area contributed by atoms with Crippen molar-refractivity contribution in [1.82, 2.24) is 19.9 Å². The fourth-order valence-corrected chi connectivity index (χ4v) is 5.19. The number of alkyl halides is 3. The van der Waals surface area contributed by atoms with Gasteiger partial charge in [0.1, 0.15) is 11.4 Å². The fourth-order valence-electron chi connectivity index (χ4n) is 5.19. The second-order valence-electron chi connectivity index (χ2n) is 10.8. The normalized spacial score (nSPS) is 17.8. The average molecular weight is 613 g/mol. The second kappa shape index (κ2) is 13.1. The number of ether oxygens (including phenoxy) is 2. The molecule has 0 aliphatic carbocycles. The van der Waals surface area contributed by atoms with Crippen LogP contribution in [-0.4, -0.2) is 52.6 Å². The van der Waals surface area contributed by atoms with E-state index < -0.39 is 18.2 Å². The lowest BCUT2D eigenvalue weighted by Gasteiger charge is -2.28. The van der Waals surface area contributed by atoms with Crippen LogP contribution >= 0.6 is 0 Å². The average Bonchev–Trinajstić information content (AvgIpc) is 3.38. The van der Waals surface area contributed by atoms with Crippen LogP contribution < -0.4 is 32.9 Å². The Morgan fingerprint density at radius 1 is 1.23 bits per heavy atom. The lowest BCUT2D eigenvalue weighted by Crippen LogP contribution is -2.30. The SMILES string of the molecule is C[C@H](NCCCN=C(N)N)c1ccc(-n2cc3cc(-c4cc(OC(F)(F)F)cc([C@H]5C[C@H](N)CCO5)c4)[nH]c3nc2=O)cc1. The predicted octanol–water partition coefficient (Wildman–Crippen LogP) is 3.77. The first-order chi connectivity index (χ1) is 20.9. The minimum Gasteiger partial charge on any atom is -0.406 e. The Bertz CT molecular complexity index is 1680. The number of aliphatic imine (C=N–C) groups is 1. The summed E-state index contributed by atoms with van der Waals surface area (Å²) in [7, 11) is 0. The van der Waals surface area contributed by atoms with Crippen LogP contribution in [0.3, 0.4) is 0 Å². The molecule has 1 aliphatic rings. The maximum atomic E-state index is 13.2. The molecule has 11 nitrogen and oxygen atoms in total. The van der Waals surface area contributed by atoms with E-state index in [-0.39, 0.29) is 23.8 Å². The molecule has 8 N–H and O–H groups in total. The molecule has 0 saturated carbocycles. The summed E-state index contributed by atoms with van der Waals surface area (Å²) in [6.07, 6.45) is -1.78. The van der Waals surface area contributed by atoms with Gasteiger partial charge in [-0.1, -0.05) is 12.1 Å². The first-order valence-corrected chi connectivity index (χ1v) is 14.2. The highest BCUT2D eigenvalue weighted by molar-refractivity contribution is 5.83. The summed E-state index contributed by atoms with van der Waals surface area (Å²) in [5.74, 6) is -0.307. The summed E-state index contributed by atoms with van der Waals surface area (Å²) in [5, 5.41) is 4.00. The highest BCUT2D eigenvalue weighted by Crippen LogP contribution is 2.36. The Morgan fingerprint density at radius 2 is 2.00 bits per heavy atom. The summed E-state index contributed by atoms with van der Waals surface area (Å²) in [4.78, 5) is 24.2. The smallest absolute Gasteiger partial charge is 0.406 e. The first-order valence-electron chi connectivity index (χ1n) is 14.2. The topological polar surface area (TPSA) is 172 Å². The molecule has 1 fully saturated rings. The van der Waals surface area contributed by atoms with Crippen molar-refractivity contribution in [3.05, 3.63) is 76.3 Å². The standard InChI is InChI=1S/C30H35F3N8O3/c1-17(37-8-2-9-38-28(35)36)18-3-5-23(6-4-18)41-16-21-14-25(39-27(21)40-29(41)42)19-11-20(26-15-22(34)7-10-43-26)13-24(12-19)44-30(31,32)33/h3-6,11-14,16-17,22,26,37H,2,7-10,15,34H2,1H3,(H4,35,36,38)(H,39,40,42)/t17-,22+,26+/m0/s1. The van der Waals surface area contributed by atoms with E-state index in [2.05, 4.69) is 25.0 Å². The molecule has 44 heavy (non-hydrogen) atoms. The molecule has 14 heteroatoms. The molecule has 5 rings (SSSR count). The minimum atomic E-state index is -4.87. The molecule has 0 bridgehead atoms. The maximum absolute atomic E-state index is 13.2. The zero-order chi connectivity index (χ0) is 31.4. The zero-order valence-electron chi connectivity index (χ0n) is 24.1. The summed E-state index contributed by atoms with van der Waals surface area (Å²) in [6.45, 7) is 3.71. The Morgan fingerprint density at radius 3 is 2.70 bits per heavy atom. The van der Waals surface area contributed by atoms with Crippen LogP contribution in [0.2, 0.25) is 0 Å². The van der Waals surface area contributed by atoms with Gasteiger partial charge in [0.2, 0.25) is 0 Å². The van der Waals surface area contributed by atoms with Gasteiger partial charge in [-0.05, 0) is 80.3 Å². The minimum absolute atomic E-state index is 0.0598. The first kappa shape index (κ1) is 31.0. The number of benzene rings is 2. The molecule has 1 aliphatic heterocycles. The number of hydrogen-bond donors (Lipinski definition) is 5. The number of nitrogens with two attached hydrogens (primary N) is 3. The third kappa shape index (κ3) is 7.75. The van der Waals surface area contributed by atoms with Gasteiger partial charge >= 0.3 is 12.1 Å². The van der Waals surface area contributed by atoms with Crippen LogP contribution in [0.15, 0.2) is 64.5 Å². The fraction of sp³-hybridized carbons (Fsp3) is 0.367. The molecule has 2 aromatic heterocycles. The van der Waals surface area contributed by atoms with E-state index in [0.717, 1.165) is 18.5 Å². The van der Waals surface area contributed by atoms with Gasteiger partial charge in [0.25, 0.3) is 0 Å². The van der Waals surface area contributed by atoms with E-state index in [9.17, 15) is 18.0 Å². The van der Waals surface area contributed by atoms with Crippen molar-refractivity contribution < 1.29 is 22.6 Å². The van der Waals surface area contributed by atoms with Gasteiger partial charge < -0.3 is 37.0 Å². The van der Waals surface area contributed by atoms with Gasteiger partial charge in [-0.25, -0.2) is 4.79 Å². The van der Waals surface area contributed by atoms with Crippen LogP contribution in [0.25, 0.3) is 28.0 Å². The van der Waals surface area contributed by atoms with Crippen molar-refractivity contribution in [1.29, 1.82) is 0 Å². The number of guanidine groups is 1. The van der Waals surface area contributed by atoms with Gasteiger partial charge in [-0.3, -0.25) is 9.56 Å². The number of nitrogens with zero attached hydrogens (tertiary/aromatic N) is 3. The van der Waals surface area contributed by atoms with Gasteiger partial charge in [-0.15, -0.1) is 13.2 Å². The Labute approximate surface area is 251 Å². The number of aromatic amines is 1. The molecular formula is C30H35F3N8O3. The molecule has 0 amide bonds. The number of hydrogen-bond acceptors (Lipinski definition) is 7. The third-order valence-corrected chi connectivity index (χ3v) is 7.43. The van der Waals surface area contributed by atoms with Gasteiger partial charge in [0.05, 0.1) is 11.8 Å². The van der Waals surface area contributed by atoms with Gasteiger partial charge in [0.15, 0.2) is 5.96 Å². The lowest BCUT2D eigenvalue weighted by molar-refractivity contribution is -0.274. The van der Waals surface area contributed by atoms with Crippen LogP contribution in [0.5, 0.6) is 5.75 Å². The number of fused-ring (bicyclic) bond motifs is 1. The predicted molar refractivity (Wildman–Crippen MR) is 161 cm³/mol. The van der Waals surface area contributed by atoms with Crippen molar-refractivity contribution in [2.75, 3.05) is 19.7 Å². The van der Waals surface area contributed by atoms with Crippen LogP contribution in [0, 0.1) is 0 Å². The maximum Gasteiger partial charge on any atom is 0.573 e. The van der Waals surface area contributed by atoms with E-state index in [0.29, 0.717) is 59.5 Å². The molecule has 234 valence electrons. The largest absolute Gasteiger partial charge is 0.573 e. The molecule has 0 radical (unpaired) electrons. The number of nitrogens with one attached hydrogen (secondary N) is 2. The van der Waals surface area contributed by atoms with Gasteiger partial charge in [0, 0.05) is 48.1 Å². The lowest BCUT2D eigenvalue weighted by atomic mass is 9.96. The monoisotopic (exact) mass is 612 g/mol. The molecule has 0 spiro atoms. The molecule has 3 heterocycles. The quantitative estimate of drug-likeness (QED) is 0.102. The van der Waals surface area contributed by atoms with E-state index >= 15 is 0 Å². The number of aromatic nitrogens is 3. The highest BCUT2D eigenvalue weighted by atomic mass is 19.4. The molecular weight excluding hydrogens is 577 g/mol. The van der Waals surface area contributed by atoms with Crippen LogP contribution in [-0.2, 0) is 4.74 Å². The number of H-pyrrole nitrogens is 1. The van der Waals surface area contributed by atoms with Crippen molar-refractivity contribution >= 4 is 17.0 Å². The van der Waals surface area contributed by atoms with Crippen LogP contribution in [0.1, 0.15) is 49.5 Å². The summed E-state index contributed by atoms with van der Waals surface area (Å²) in [6, 6.07) is 13.5. The van der Waals surface area contributed by atoms with Crippen LogP contribution in [0.4, 0.5) is 13.2 Å². The van der Waals surface area contributed by atoms with E-state index in [1.54, 1.807) is 18.3 Å². The van der Waals surface area contributed by atoms with E-state index in [4.69, 9.17) is 21.9 Å². The van der Waals surface area contributed by atoms with E-state index in [1.165, 1.54) is 16.7 Å². The Balaban J connectivity index is 1.39. The third-order valence-electron chi connectivity index (χ3n) is 7.43. The zero-order valence-corrected chi connectivity index (χ0v) is 24.1. The molecule has 0 unspecified atom stereocenters.